The molecule has 0 fully saturated rings. The Hall–Kier alpha value is -2.53. The van der Waals surface area contributed by atoms with Gasteiger partial charge in [0.1, 0.15) is 0 Å². The van der Waals surface area contributed by atoms with Gasteiger partial charge in [-0.05, 0) is 43.0 Å². The number of amides is 1. The van der Waals surface area contributed by atoms with Crippen molar-refractivity contribution >= 4 is 5.91 Å². The Bertz CT molecular complexity index is 626. The monoisotopic (exact) mass is 277 g/mol. The summed E-state index contributed by atoms with van der Waals surface area (Å²) in [4.78, 5) is 12.0. The molecule has 2 aromatic rings. The van der Waals surface area contributed by atoms with E-state index in [1.807, 2.05) is 12.1 Å². The van der Waals surface area contributed by atoms with Crippen LogP contribution in [0.25, 0.3) is 0 Å². The van der Waals surface area contributed by atoms with E-state index in [0.717, 1.165) is 24.8 Å². The number of rotatable bonds is 6. The van der Waals surface area contributed by atoms with E-state index in [1.54, 1.807) is 18.2 Å². The minimum atomic E-state index is -0.0631. The molecule has 0 aliphatic heterocycles. The molecule has 0 bridgehead atoms. The lowest BCUT2D eigenvalue weighted by molar-refractivity contribution is 0.0953. The molecule has 21 heavy (non-hydrogen) atoms. The quantitative estimate of drug-likeness (QED) is 0.636. The molecule has 1 amide bonds. The molecule has 2 heteroatoms. The zero-order valence-corrected chi connectivity index (χ0v) is 12.0. The Morgan fingerprint density at radius 1 is 1.05 bits per heavy atom. The maximum atomic E-state index is 12.0. The van der Waals surface area contributed by atoms with E-state index in [0.29, 0.717) is 12.1 Å². The van der Waals surface area contributed by atoms with Gasteiger partial charge in [-0.25, -0.2) is 0 Å². The number of benzene rings is 2. The van der Waals surface area contributed by atoms with Crippen LogP contribution in [0.1, 0.15) is 34.3 Å². The van der Waals surface area contributed by atoms with E-state index < -0.39 is 0 Å². The maximum absolute atomic E-state index is 12.0. The smallest absolute Gasteiger partial charge is 0.251 e. The predicted octanol–water partition coefficient (Wildman–Crippen LogP) is 3.42. The van der Waals surface area contributed by atoms with E-state index in [2.05, 4.69) is 35.5 Å². The molecule has 0 radical (unpaired) electrons. The fourth-order valence-corrected chi connectivity index (χ4v) is 2.15. The highest BCUT2D eigenvalue weighted by molar-refractivity contribution is 5.94. The molecule has 2 nitrogen and oxygen atoms in total. The number of terminal acetylenes is 1. The number of nitrogens with one attached hydrogen (secondary N) is 1. The van der Waals surface area contributed by atoms with Gasteiger partial charge in [-0.1, -0.05) is 42.3 Å². The standard InChI is InChI=1S/C19H19NO/c1-2-16-12-8-13-18(15-16)19(21)20-14-7-6-11-17-9-4-3-5-10-17/h1,3-5,8-10,12-13,15H,6-7,11,14H2,(H,20,21). The van der Waals surface area contributed by atoms with Crippen molar-refractivity contribution in [3.8, 4) is 12.3 Å². The van der Waals surface area contributed by atoms with Crippen molar-refractivity contribution in [2.75, 3.05) is 6.54 Å². The fraction of sp³-hybridized carbons (Fsp3) is 0.211. The molecule has 0 aromatic heterocycles. The second-order valence-electron chi connectivity index (χ2n) is 4.92. The van der Waals surface area contributed by atoms with E-state index in [-0.39, 0.29) is 5.91 Å². The summed E-state index contributed by atoms with van der Waals surface area (Å²) in [6.45, 7) is 0.686. The molecule has 0 heterocycles. The van der Waals surface area contributed by atoms with Crippen LogP contribution in [0.5, 0.6) is 0 Å². The number of hydrogen-bond donors (Lipinski definition) is 1. The Morgan fingerprint density at radius 2 is 1.86 bits per heavy atom. The second kappa shape index (κ2) is 7.91. The molecule has 0 aliphatic carbocycles. The highest BCUT2D eigenvalue weighted by Crippen LogP contribution is 2.05. The third-order valence-electron chi connectivity index (χ3n) is 3.31. The summed E-state index contributed by atoms with van der Waals surface area (Å²) in [5, 5.41) is 2.93. The summed E-state index contributed by atoms with van der Waals surface area (Å²) in [6.07, 6.45) is 8.41. The molecule has 106 valence electrons. The molecule has 0 unspecified atom stereocenters. The van der Waals surface area contributed by atoms with Crippen molar-refractivity contribution in [2.24, 2.45) is 0 Å². The first kappa shape index (κ1) is 14.9. The Labute approximate surface area is 126 Å². The lowest BCUT2D eigenvalue weighted by Crippen LogP contribution is -2.24. The van der Waals surface area contributed by atoms with Gasteiger partial charge in [0.25, 0.3) is 5.91 Å². The van der Waals surface area contributed by atoms with Gasteiger partial charge in [0.15, 0.2) is 0 Å². The minimum absolute atomic E-state index is 0.0631. The van der Waals surface area contributed by atoms with Crippen LogP contribution in [0.2, 0.25) is 0 Å². The largest absolute Gasteiger partial charge is 0.352 e. The topological polar surface area (TPSA) is 29.1 Å². The Balaban J connectivity index is 1.71. The molecule has 2 aromatic carbocycles. The molecule has 0 saturated heterocycles. The maximum Gasteiger partial charge on any atom is 0.251 e. The lowest BCUT2D eigenvalue weighted by atomic mass is 10.1. The van der Waals surface area contributed by atoms with Crippen molar-refractivity contribution in [3.63, 3.8) is 0 Å². The van der Waals surface area contributed by atoms with E-state index in [9.17, 15) is 4.79 Å². The van der Waals surface area contributed by atoms with Gasteiger partial charge >= 0.3 is 0 Å². The number of aryl methyl sites for hydroxylation is 1. The van der Waals surface area contributed by atoms with Crippen molar-refractivity contribution in [2.45, 2.75) is 19.3 Å². The molecule has 2 rings (SSSR count). The predicted molar refractivity (Wildman–Crippen MR) is 86.1 cm³/mol. The van der Waals surface area contributed by atoms with Gasteiger partial charge in [0.2, 0.25) is 0 Å². The first-order valence-corrected chi connectivity index (χ1v) is 7.18. The van der Waals surface area contributed by atoms with Crippen LogP contribution >= 0.6 is 0 Å². The van der Waals surface area contributed by atoms with Crippen LogP contribution in [0.3, 0.4) is 0 Å². The summed E-state index contributed by atoms with van der Waals surface area (Å²) < 4.78 is 0. The molecule has 0 saturated carbocycles. The highest BCUT2D eigenvalue weighted by atomic mass is 16.1. The third kappa shape index (κ3) is 4.81. The van der Waals surface area contributed by atoms with Crippen molar-refractivity contribution in [3.05, 3.63) is 71.3 Å². The normalized spacial score (nSPS) is 9.86. The fourth-order valence-electron chi connectivity index (χ4n) is 2.15. The van der Waals surface area contributed by atoms with Crippen LogP contribution < -0.4 is 5.32 Å². The Kier molecular flexibility index (Phi) is 5.60. The average Bonchev–Trinajstić information content (AvgIpc) is 2.55. The van der Waals surface area contributed by atoms with Gasteiger partial charge in [0.05, 0.1) is 0 Å². The minimum Gasteiger partial charge on any atom is -0.352 e. The second-order valence-corrected chi connectivity index (χ2v) is 4.92. The molecule has 1 N–H and O–H groups in total. The number of carbonyl (C=O) groups excluding carboxylic acids is 1. The lowest BCUT2D eigenvalue weighted by Gasteiger charge is -2.06. The SMILES string of the molecule is C#Cc1cccc(C(=O)NCCCCc2ccccc2)c1. The number of carbonyl (C=O) groups is 1. The van der Waals surface area contributed by atoms with Crippen LogP contribution in [-0.2, 0) is 6.42 Å². The first-order valence-electron chi connectivity index (χ1n) is 7.18. The van der Waals surface area contributed by atoms with Gasteiger partial charge in [-0.15, -0.1) is 6.42 Å². The van der Waals surface area contributed by atoms with E-state index in [4.69, 9.17) is 6.42 Å². The van der Waals surface area contributed by atoms with Gasteiger partial charge in [0, 0.05) is 17.7 Å². The first-order chi connectivity index (χ1) is 10.3. The average molecular weight is 277 g/mol. The summed E-state index contributed by atoms with van der Waals surface area (Å²) in [6, 6.07) is 17.5. The van der Waals surface area contributed by atoms with Crippen molar-refractivity contribution < 1.29 is 4.79 Å². The summed E-state index contributed by atoms with van der Waals surface area (Å²) in [5.74, 6) is 2.47. The van der Waals surface area contributed by atoms with Crippen LogP contribution in [0.15, 0.2) is 54.6 Å². The summed E-state index contributed by atoms with van der Waals surface area (Å²) in [7, 11) is 0. The molecule has 0 spiro atoms. The zero-order chi connectivity index (χ0) is 14.9. The molecular formula is C19H19NO. The molecular weight excluding hydrogens is 258 g/mol. The third-order valence-corrected chi connectivity index (χ3v) is 3.31. The van der Waals surface area contributed by atoms with Crippen molar-refractivity contribution in [1.29, 1.82) is 0 Å². The van der Waals surface area contributed by atoms with Gasteiger partial charge in [-0.2, -0.15) is 0 Å². The molecule has 0 atom stereocenters. The van der Waals surface area contributed by atoms with Gasteiger partial charge < -0.3 is 5.32 Å². The summed E-state index contributed by atoms with van der Waals surface area (Å²) >= 11 is 0. The highest BCUT2D eigenvalue weighted by Gasteiger charge is 2.04. The zero-order valence-electron chi connectivity index (χ0n) is 12.0. The van der Waals surface area contributed by atoms with Crippen molar-refractivity contribution in [1.82, 2.24) is 5.32 Å². The Morgan fingerprint density at radius 3 is 2.62 bits per heavy atom. The van der Waals surface area contributed by atoms with E-state index >= 15 is 0 Å². The van der Waals surface area contributed by atoms with E-state index in [1.165, 1.54) is 5.56 Å². The van der Waals surface area contributed by atoms with Crippen LogP contribution in [0, 0.1) is 12.3 Å². The van der Waals surface area contributed by atoms with Crippen LogP contribution in [-0.4, -0.2) is 12.5 Å². The summed E-state index contributed by atoms with van der Waals surface area (Å²) in [5.41, 5.74) is 2.69. The van der Waals surface area contributed by atoms with Gasteiger partial charge in [-0.3, -0.25) is 4.79 Å². The number of unbranched alkanes of at least 4 members (excludes halogenated alkanes) is 1. The van der Waals surface area contributed by atoms with Crippen LogP contribution in [0.4, 0.5) is 0 Å². The molecule has 0 aliphatic rings. The number of hydrogen-bond acceptors (Lipinski definition) is 1.